The average molecular weight is 409 g/mol. The van der Waals surface area contributed by atoms with Crippen molar-refractivity contribution in [2.24, 2.45) is 0 Å². The van der Waals surface area contributed by atoms with Crippen molar-refractivity contribution in [1.82, 2.24) is 15.5 Å². The molecule has 0 aliphatic heterocycles. The van der Waals surface area contributed by atoms with E-state index in [9.17, 15) is 14.9 Å². The molecule has 1 aromatic heterocycles. The van der Waals surface area contributed by atoms with Gasteiger partial charge < -0.3 is 5.32 Å². The molecule has 0 aliphatic carbocycles. The molecule has 2 aromatic carbocycles. The summed E-state index contributed by atoms with van der Waals surface area (Å²) < 4.78 is 0. The molecule has 9 heteroatoms. The third kappa shape index (κ3) is 4.82. The smallest absolute Gasteiger partial charge is 0.282 e. The first-order valence-electron chi connectivity index (χ1n) is 8.80. The lowest BCUT2D eigenvalue weighted by atomic mass is 10.0. The van der Waals surface area contributed by atoms with Crippen LogP contribution < -0.4 is 10.6 Å². The minimum atomic E-state index is -0.641. The standard InChI is InChI=1S/C20H19N5O3S/c1-12-17(13(2)24-23-12)11-14-7-9-15(10-8-14)21-20(29)22-19(26)16-5-3-4-6-18(16)25(27)28/h3-10H,11H2,1-2H3,(H,23,24)(H2,21,22,26,29). The van der Waals surface area contributed by atoms with Crippen LogP contribution in [0.1, 0.15) is 32.9 Å². The number of aryl methyl sites for hydroxylation is 2. The zero-order chi connectivity index (χ0) is 21.0. The number of H-pyrrole nitrogens is 1. The number of aromatic amines is 1. The highest BCUT2D eigenvalue weighted by Crippen LogP contribution is 2.19. The zero-order valence-electron chi connectivity index (χ0n) is 15.9. The van der Waals surface area contributed by atoms with Gasteiger partial charge in [0.1, 0.15) is 5.56 Å². The summed E-state index contributed by atoms with van der Waals surface area (Å²) in [5, 5.41) is 23.7. The Morgan fingerprint density at radius 3 is 2.48 bits per heavy atom. The second-order valence-corrected chi connectivity index (χ2v) is 6.88. The molecule has 0 radical (unpaired) electrons. The first-order chi connectivity index (χ1) is 13.8. The fourth-order valence-electron chi connectivity index (χ4n) is 2.90. The van der Waals surface area contributed by atoms with Crippen molar-refractivity contribution >= 4 is 34.6 Å². The molecular formula is C20H19N5O3S. The summed E-state index contributed by atoms with van der Waals surface area (Å²) in [7, 11) is 0. The minimum Gasteiger partial charge on any atom is -0.332 e. The summed E-state index contributed by atoms with van der Waals surface area (Å²) in [4.78, 5) is 22.8. The number of benzene rings is 2. The summed E-state index contributed by atoms with van der Waals surface area (Å²) in [6.45, 7) is 3.95. The molecule has 0 atom stereocenters. The highest BCUT2D eigenvalue weighted by atomic mass is 32.1. The molecular weight excluding hydrogens is 390 g/mol. The summed E-state index contributed by atoms with van der Waals surface area (Å²) >= 11 is 5.16. The third-order valence-corrected chi connectivity index (χ3v) is 4.65. The van der Waals surface area contributed by atoms with E-state index in [-0.39, 0.29) is 16.4 Å². The van der Waals surface area contributed by atoms with Gasteiger partial charge in [0.05, 0.1) is 10.6 Å². The van der Waals surface area contributed by atoms with Crippen LogP contribution in [0.25, 0.3) is 0 Å². The molecule has 3 N–H and O–H groups in total. The monoisotopic (exact) mass is 409 g/mol. The van der Waals surface area contributed by atoms with Gasteiger partial charge in [-0.15, -0.1) is 0 Å². The molecule has 0 aliphatic rings. The lowest BCUT2D eigenvalue weighted by molar-refractivity contribution is -0.385. The maximum absolute atomic E-state index is 12.3. The molecule has 0 spiro atoms. The molecule has 1 amide bonds. The SMILES string of the molecule is Cc1n[nH]c(C)c1Cc1ccc(NC(=S)NC(=O)c2ccccc2[N+](=O)[O-])cc1. The van der Waals surface area contributed by atoms with Crippen molar-refractivity contribution in [1.29, 1.82) is 0 Å². The number of anilines is 1. The number of aromatic nitrogens is 2. The molecule has 29 heavy (non-hydrogen) atoms. The maximum Gasteiger partial charge on any atom is 0.282 e. The molecule has 0 fully saturated rings. The number of nitro groups is 1. The second-order valence-electron chi connectivity index (χ2n) is 6.47. The highest BCUT2D eigenvalue weighted by molar-refractivity contribution is 7.80. The van der Waals surface area contributed by atoms with Gasteiger partial charge in [0, 0.05) is 29.4 Å². The number of nitrogens with zero attached hydrogens (tertiary/aromatic N) is 2. The lowest BCUT2D eigenvalue weighted by Gasteiger charge is -2.10. The number of hydrogen-bond acceptors (Lipinski definition) is 5. The second kappa shape index (κ2) is 8.61. The van der Waals surface area contributed by atoms with Crippen LogP contribution in [0, 0.1) is 24.0 Å². The van der Waals surface area contributed by atoms with Crippen LogP contribution in [0.15, 0.2) is 48.5 Å². The van der Waals surface area contributed by atoms with E-state index >= 15 is 0 Å². The zero-order valence-corrected chi connectivity index (χ0v) is 16.7. The molecule has 0 saturated heterocycles. The van der Waals surface area contributed by atoms with Crippen molar-refractivity contribution in [2.75, 3.05) is 5.32 Å². The predicted octanol–water partition coefficient (Wildman–Crippen LogP) is 3.65. The largest absolute Gasteiger partial charge is 0.332 e. The third-order valence-electron chi connectivity index (χ3n) is 4.45. The van der Waals surface area contributed by atoms with Crippen LogP contribution in [0.5, 0.6) is 0 Å². The van der Waals surface area contributed by atoms with Gasteiger partial charge >= 0.3 is 0 Å². The van der Waals surface area contributed by atoms with E-state index in [4.69, 9.17) is 12.2 Å². The molecule has 0 saturated carbocycles. The van der Waals surface area contributed by atoms with Crippen molar-refractivity contribution in [3.63, 3.8) is 0 Å². The van der Waals surface area contributed by atoms with E-state index in [1.807, 2.05) is 38.1 Å². The van der Waals surface area contributed by atoms with Gasteiger partial charge in [0.15, 0.2) is 5.11 Å². The Morgan fingerprint density at radius 1 is 1.17 bits per heavy atom. The van der Waals surface area contributed by atoms with E-state index < -0.39 is 10.8 Å². The van der Waals surface area contributed by atoms with Gasteiger partial charge in [0.2, 0.25) is 0 Å². The van der Waals surface area contributed by atoms with Gasteiger partial charge in [-0.2, -0.15) is 5.10 Å². The fraction of sp³-hybridized carbons (Fsp3) is 0.150. The van der Waals surface area contributed by atoms with E-state index in [0.29, 0.717) is 5.69 Å². The molecule has 3 aromatic rings. The molecule has 0 unspecified atom stereocenters. The van der Waals surface area contributed by atoms with Crippen molar-refractivity contribution in [2.45, 2.75) is 20.3 Å². The number of nitrogens with one attached hydrogen (secondary N) is 3. The molecule has 148 valence electrons. The van der Waals surface area contributed by atoms with Crippen LogP contribution >= 0.6 is 12.2 Å². The van der Waals surface area contributed by atoms with Crippen LogP contribution in [0.4, 0.5) is 11.4 Å². The van der Waals surface area contributed by atoms with Gasteiger partial charge in [-0.25, -0.2) is 0 Å². The minimum absolute atomic E-state index is 0.0529. The summed E-state index contributed by atoms with van der Waals surface area (Å²) in [5.74, 6) is -0.641. The van der Waals surface area contributed by atoms with Crippen LogP contribution in [-0.2, 0) is 6.42 Å². The quantitative estimate of drug-likeness (QED) is 0.337. The number of amides is 1. The summed E-state index contributed by atoms with van der Waals surface area (Å²) in [5.41, 5.74) is 4.66. The molecule has 8 nitrogen and oxygen atoms in total. The van der Waals surface area contributed by atoms with Crippen molar-refractivity contribution in [3.8, 4) is 0 Å². The van der Waals surface area contributed by atoms with Gasteiger partial charge in [-0.05, 0) is 49.8 Å². The Labute approximate surface area is 172 Å². The van der Waals surface area contributed by atoms with Crippen LogP contribution in [-0.4, -0.2) is 26.1 Å². The van der Waals surface area contributed by atoms with E-state index in [1.165, 1.54) is 18.2 Å². The Bertz CT molecular complexity index is 1060. The Balaban J connectivity index is 1.62. The number of carbonyl (C=O) groups excluding carboxylic acids is 1. The van der Waals surface area contributed by atoms with Gasteiger partial charge in [0.25, 0.3) is 11.6 Å². The molecule has 0 bridgehead atoms. The number of thiocarbonyl (C=S) groups is 1. The van der Waals surface area contributed by atoms with Crippen LogP contribution in [0.3, 0.4) is 0 Å². The predicted molar refractivity (Wildman–Crippen MR) is 114 cm³/mol. The van der Waals surface area contributed by atoms with E-state index in [2.05, 4.69) is 20.8 Å². The van der Waals surface area contributed by atoms with Gasteiger partial charge in [-0.1, -0.05) is 24.3 Å². The van der Waals surface area contributed by atoms with E-state index in [1.54, 1.807) is 6.07 Å². The lowest BCUT2D eigenvalue weighted by Crippen LogP contribution is -2.34. The highest BCUT2D eigenvalue weighted by Gasteiger charge is 2.19. The summed E-state index contributed by atoms with van der Waals surface area (Å²) in [6.07, 6.45) is 0.757. The Kier molecular flexibility index (Phi) is 5.99. The van der Waals surface area contributed by atoms with E-state index in [0.717, 1.165) is 28.9 Å². The maximum atomic E-state index is 12.3. The van der Waals surface area contributed by atoms with Crippen molar-refractivity contribution < 1.29 is 9.72 Å². The van der Waals surface area contributed by atoms with Crippen LogP contribution in [0.2, 0.25) is 0 Å². The first-order valence-corrected chi connectivity index (χ1v) is 9.21. The van der Waals surface area contributed by atoms with Crippen molar-refractivity contribution in [3.05, 3.63) is 86.7 Å². The Morgan fingerprint density at radius 2 is 1.86 bits per heavy atom. The number of nitro benzene ring substituents is 1. The molecule has 3 rings (SSSR count). The van der Waals surface area contributed by atoms with Gasteiger partial charge in [-0.3, -0.25) is 25.3 Å². The normalized spacial score (nSPS) is 10.4. The number of para-hydroxylation sites is 1. The first kappa shape index (κ1) is 20.2. The topological polar surface area (TPSA) is 113 Å². The Hall–Kier alpha value is -3.59. The average Bonchev–Trinajstić information content (AvgIpc) is 3.01. The molecule has 1 heterocycles. The fourth-order valence-corrected chi connectivity index (χ4v) is 3.11. The number of carbonyl (C=O) groups is 1. The number of rotatable bonds is 5. The number of hydrogen-bond donors (Lipinski definition) is 3. The summed E-state index contributed by atoms with van der Waals surface area (Å²) in [6, 6.07) is 13.3.